The van der Waals surface area contributed by atoms with E-state index in [1.54, 1.807) is 12.3 Å². The summed E-state index contributed by atoms with van der Waals surface area (Å²) >= 11 is 0. The third-order valence-corrected chi connectivity index (χ3v) is 2.46. The van der Waals surface area contributed by atoms with Crippen molar-refractivity contribution in [2.45, 2.75) is 20.4 Å². The Hall–Kier alpha value is -1.62. The molecule has 0 saturated heterocycles. The van der Waals surface area contributed by atoms with E-state index in [1.165, 1.54) is 0 Å². The highest BCUT2D eigenvalue weighted by molar-refractivity contribution is 5.44. The Bertz CT molecular complexity index is 418. The fourth-order valence-corrected chi connectivity index (χ4v) is 1.46. The van der Waals surface area contributed by atoms with E-state index in [-0.39, 0.29) is 0 Å². The van der Waals surface area contributed by atoms with Gasteiger partial charge >= 0.3 is 0 Å². The monoisotopic (exact) mass is 221 g/mol. The lowest BCUT2D eigenvalue weighted by Gasteiger charge is -2.14. The van der Waals surface area contributed by atoms with E-state index < -0.39 is 0 Å². The van der Waals surface area contributed by atoms with E-state index in [4.69, 9.17) is 8.94 Å². The second-order valence-corrected chi connectivity index (χ2v) is 3.45. The third-order valence-electron chi connectivity index (χ3n) is 2.46. The van der Waals surface area contributed by atoms with Crippen molar-refractivity contribution in [1.82, 2.24) is 15.0 Å². The van der Waals surface area contributed by atoms with Crippen molar-refractivity contribution in [3.05, 3.63) is 24.3 Å². The van der Waals surface area contributed by atoms with Gasteiger partial charge in [-0.3, -0.25) is 4.90 Å². The lowest BCUT2D eigenvalue weighted by molar-refractivity contribution is 0.246. The van der Waals surface area contributed by atoms with E-state index in [0.717, 1.165) is 13.1 Å². The van der Waals surface area contributed by atoms with Gasteiger partial charge in [0.2, 0.25) is 11.7 Å². The zero-order valence-corrected chi connectivity index (χ0v) is 9.51. The van der Waals surface area contributed by atoms with Gasteiger partial charge in [-0.1, -0.05) is 19.0 Å². The van der Waals surface area contributed by atoms with Gasteiger partial charge in [-0.25, -0.2) is 0 Å². The smallest absolute Gasteiger partial charge is 0.241 e. The van der Waals surface area contributed by atoms with Crippen LogP contribution in [0.4, 0.5) is 0 Å². The van der Waals surface area contributed by atoms with Crippen LogP contribution in [-0.4, -0.2) is 28.1 Å². The maximum atomic E-state index is 5.19. The van der Waals surface area contributed by atoms with E-state index in [0.29, 0.717) is 24.0 Å². The number of hydrogen-bond acceptors (Lipinski definition) is 5. The first-order valence-electron chi connectivity index (χ1n) is 5.42. The number of aromatic nitrogens is 2. The standard InChI is InChI=1S/C11H15N3O2/c1-3-14(4-2)8-10-12-11(13-16-10)9-6-5-7-15-9/h5-7H,3-4,8H2,1-2H3. The minimum absolute atomic E-state index is 0.507. The molecule has 0 aliphatic carbocycles. The second-order valence-electron chi connectivity index (χ2n) is 3.45. The molecule has 0 radical (unpaired) electrons. The average molecular weight is 221 g/mol. The number of rotatable bonds is 5. The SMILES string of the molecule is CCN(CC)Cc1nc(-c2ccco2)no1. The molecule has 0 saturated carbocycles. The van der Waals surface area contributed by atoms with Crippen LogP contribution in [0.1, 0.15) is 19.7 Å². The van der Waals surface area contributed by atoms with Crippen molar-refractivity contribution in [2.24, 2.45) is 0 Å². The Balaban J connectivity index is 2.08. The molecule has 0 amide bonds. The Morgan fingerprint density at radius 3 is 2.75 bits per heavy atom. The molecular weight excluding hydrogens is 206 g/mol. The van der Waals surface area contributed by atoms with Crippen LogP contribution in [-0.2, 0) is 6.54 Å². The largest absolute Gasteiger partial charge is 0.461 e. The summed E-state index contributed by atoms with van der Waals surface area (Å²) in [5.74, 6) is 1.76. The number of furan rings is 1. The Morgan fingerprint density at radius 1 is 1.31 bits per heavy atom. The summed E-state index contributed by atoms with van der Waals surface area (Å²) in [5.41, 5.74) is 0. The molecule has 2 rings (SSSR count). The predicted octanol–water partition coefficient (Wildman–Crippen LogP) is 2.17. The molecule has 0 N–H and O–H groups in total. The fourth-order valence-electron chi connectivity index (χ4n) is 1.46. The van der Waals surface area contributed by atoms with Gasteiger partial charge in [-0.15, -0.1) is 0 Å². The molecule has 5 nitrogen and oxygen atoms in total. The van der Waals surface area contributed by atoms with Crippen molar-refractivity contribution < 1.29 is 8.94 Å². The van der Waals surface area contributed by atoms with Crippen molar-refractivity contribution >= 4 is 0 Å². The molecule has 0 aliphatic rings. The molecule has 0 unspecified atom stereocenters. The van der Waals surface area contributed by atoms with Gasteiger partial charge in [0.1, 0.15) is 0 Å². The van der Waals surface area contributed by atoms with Crippen LogP contribution in [0, 0.1) is 0 Å². The molecule has 0 aromatic carbocycles. The maximum absolute atomic E-state index is 5.19. The molecule has 2 aromatic heterocycles. The lowest BCUT2D eigenvalue weighted by atomic mass is 10.4. The van der Waals surface area contributed by atoms with E-state index in [9.17, 15) is 0 Å². The van der Waals surface area contributed by atoms with E-state index in [2.05, 4.69) is 28.9 Å². The molecule has 0 spiro atoms. The molecule has 2 heterocycles. The van der Waals surface area contributed by atoms with Crippen LogP contribution in [0.3, 0.4) is 0 Å². The van der Waals surface area contributed by atoms with Gasteiger partial charge in [0.05, 0.1) is 12.8 Å². The van der Waals surface area contributed by atoms with Crippen molar-refractivity contribution in [3.8, 4) is 11.6 Å². The van der Waals surface area contributed by atoms with Crippen LogP contribution in [0.15, 0.2) is 27.3 Å². The molecule has 86 valence electrons. The summed E-state index contributed by atoms with van der Waals surface area (Å²) in [7, 11) is 0. The van der Waals surface area contributed by atoms with Gasteiger partial charge in [0.15, 0.2) is 5.76 Å². The summed E-state index contributed by atoms with van der Waals surface area (Å²) in [6, 6.07) is 3.61. The van der Waals surface area contributed by atoms with Crippen LogP contribution < -0.4 is 0 Å². The Morgan fingerprint density at radius 2 is 2.12 bits per heavy atom. The quantitative estimate of drug-likeness (QED) is 0.774. The summed E-state index contributed by atoms with van der Waals surface area (Å²) in [6.07, 6.45) is 1.59. The summed E-state index contributed by atoms with van der Waals surface area (Å²) in [6.45, 7) is 6.82. The molecular formula is C11H15N3O2. The predicted molar refractivity (Wildman–Crippen MR) is 58.6 cm³/mol. The zero-order chi connectivity index (χ0) is 11.4. The van der Waals surface area contributed by atoms with Gasteiger partial charge in [-0.05, 0) is 25.2 Å². The summed E-state index contributed by atoms with van der Waals surface area (Å²) in [5, 5.41) is 3.87. The minimum Gasteiger partial charge on any atom is -0.461 e. The second kappa shape index (κ2) is 4.94. The zero-order valence-electron chi connectivity index (χ0n) is 9.51. The molecule has 2 aromatic rings. The van der Waals surface area contributed by atoms with Gasteiger partial charge < -0.3 is 8.94 Å². The van der Waals surface area contributed by atoms with Crippen LogP contribution in [0.5, 0.6) is 0 Å². The van der Waals surface area contributed by atoms with E-state index in [1.807, 2.05) is 6.07 Å². The third kappa shape index (κ3) is 2.30. The molecule has 0 atom stereocenters. The molecule has 16 heavy (non-hydrogen) atoms. The normalized spacial score (nSPS) is 11.2. The number of nitrogens with zero attached hydrogens (tertiary/aromatic N) is 3. The molecule has 5 heteroatoms. The highest BCUT2D eigenvalue weighted by atomic mass is 16.5. The van der Waals surface area contributed by atoms with Crippen LogP contribution >= 0.6 is 0 Å². The first kappa shape index (κ1) is 10.9. The molecule has 0 aliphatic heterocycles. The minimum atomic E-state index is 0.507. The van der Waals surface area contributed by atoms with Crippen LogP contribution in [0.2, 0.25) is 0 Å². The van der Waals surface area contributed by atoms with Crippen molar-refractivity contribution in [2.75, 3.05) is 13.1 Å². The topological polar surface area (TPSA) is 55.3 Å². The first-order chi connectivity index (χ1) is 7.83. The van der Waals surface area contributed by atoms with Crippen molar-refractivity contribution in [1.29, 1.82) is 0 Å². The average Bonchev–Trinajstić information content (AvgIpc) is 2.96. The first-order valence-corrected chi connectivity index (χ1v) is 5.42. The fraction of sp³-hybridized carbons (Fsp3) is 0.455. The maximum Gasteiger partial charge on any atom is 0.241 e. The highest BCUT2D eigenvalue weighted by Crippen LogP contribution is 2.16. The molecule has 0 bridgehead atoms. The summed E-state index contributed by atoms with van der Waals surface area (Å²) < 4.78 is 10.4. The summed E-state index contributed by atoms with van der Waals surface area (Å²) in [4.78, 5) is 6.48. The van der Waals surface area contributed by atoms with E-state index >= 15 is 0 Å². The van der Waals surface area contributed by atoms with Gasteiger partial charge in [0, 0.05) is 0 Å². The Kier molecular flexibility index (Phi) is 3.36. The van der Waals surface area contributed by atoms with Gasteiger partial charge in [0.25, 0.3) is 0 Å². The van der Waals surface area contributed by atoms with Crippen molar-refractivity contribution in [3.63, 3.8) is 0 Å². The Labute approximate surface area is 94.1 Å². The van der Waals surface area contributed by atoms with Gasteiger partial charge in [-0.2, -0.15) is 4.98 Å². The molecule has 0 fully saturated rings. The lowest BCUT2D eigenvalue weighted by Crippen LogP contribution is -2.22. The van der Waals surface area contributed by atoms with Crippen LogP contribution in [0.25, 0.3) is 11.6 Å². The highest BCUT2D eigenvalue weighted by Gasteiger charge is 2.12. The number of hydrogen-bond donors (Lipinski definition) is 0.